The maximum Gasteiger partial charge on any atom is 0.404 e. The van der Waals surface area contributed by atoms with Crippen LogP contribution >= 0.6 is 0 Å². The van der Waals surface area contributed by atoms with Crippen molar-refractivity contribution in [1.29, 1.82) is 0 Å². The van der Waals surface area contributed by atoms with Crippen LogP contribution in [0, 0.1) is 5.41 Å². The Labute approximate surface area is 230 Å². The summed E-state index contributed by atoms with van der Waals surface area (Å²) in [4.78, 5) is 19.8. The van der Waals surface area contributed by atoms with Gasteiger partial charge in [-0.2, -0.15) is 0 Å². The number of fused-ring (bicyclic) bond motifs is 3. The monoisotopic (exact) mass is 545 g/mol. The van der Waals surface area contributed by atoms with Crippen LogP contribution in [-0.2, 0) is 31.9 Å². The van der Waals surface area contributed by atoms with Crippen molar-refractivity contribution in [2.24, 2.45) is 5.41 Å². The van der Waals surface area contributed by atoms with E-state index in [1.165, 1.54) is 0 Å². The Hall–Kier alpha value is -2.99. The van der Waals surface area contributed by atoms with E-state index in [2.05, 4.69) is 41.7 Å². The molecule has 0 spiro atoms. The van der Waals surface area contributed by atoms with Crippen molar-refractivity contribution in [2.75, 3.05) is 65.1 Å². The number of imidazole rings is 1. The largest absolute Gasteiger partial charge is 0.465 e. The molecule has 2 heterocycles. The molecule has 0 aliphatic rings. The number of benzene rings is 1. The summed E-state index contributed by atoms with van der Waals surface area (Å²) in [5.41, 5.74) is 8.89. The van der Waals surface area contributed by atoms with E-state index in [4.69, 9.17) is 34.8 Å². The molecule has 3 rings (SSSR count). The van der Waals surface area contributed by atoms with Gasteiger partial charge in [0.25, 0.3) is 0 Å². The summed E-state index contributed by atoms with van der Waals surface area (Å²) in [6.45, 7) is 11.2. The lowest BCUT2D eigenvalue weighted by Crippen LogP contribution is -2.27. The second-order valence-electron chi connectivity index (χ2n) is 10.2. The Bertz CT molecular complexity index is 1180. The van der Waals surface area contributed by atoms with Crippen molar-refractivity contribution in [3.8, 4) is 0 Å². The van der Waals surface area contributed by atoms with Crippen LogP contribution in [0.3, 0.4) is 0 Å². The van der Waals surface area contributed by atoms with E-state index in [0.717, 1.165) is 53.6 Å². The lowest BCUT2D eigenvalue weighted by Gasteiger charge is -2.26. The standard InChI is InChI=1S/C28H43N5O6/c1-4-5-10-23-32-24-25(21-8-6-7-9-22(21)31-26(24)29)33(23)19-28(2,3)20-39-18-17-38-16-15-37-14-13-36-12-11-30-27(34)35/h6-9,30H,4-5,10-20H2,1-3H3,(H2,29,31)(H,34,35). The highest BCUT2D eigenvalue weighted by Crippen LogP contribution is 2.32. The number of nitrogens with one attached hydrogen (secondary N) is 1. The van der Waals surface area contributed by atoms with Gasteiger partial charge in [0.15, 0.2) is 5.82 Å². The smallest absolute Gasteiger partial charge is 0.404 e. The topological polar surface area (TPSA) is 143 Å². The summed E-state index contributed by atoms with van der Waals surface area (Å²) in [7, 11) is 0. The number of anilines is 1. The average molecular weight is 546 g/mol. The number of amides is 1. The lowest BCUT2D eigenvalue weighted by atomic mass is 9.94. The normalized spacial score (nSPS) is 12.0. The molecule has 11 heteroatoms. The van der Waals surface area contributed by atoms with Gasteiger partial charge >= 0.3 is 6.09 Å². The Morgan fingerprint density at radius 2 is 1.64 bits per heavy atom. The zero-order valence-corrected chi connectivity index (χ0v) is 23.4. The number of hydrogen-bond donors (Lipinski definition) is 3. The summed E-state index contributed by atoms with van der Waals surface area (Å²) in [5, 5.41) is 11.8. The molecule has 216 valence electrons. The number of aromatic nitrogens is 3. The van der Waals surface area contributed by atoms with Crippen molar-refractivity contribution in [3.63, 3.8) is 0 Å². The molecule has 11 nitrogen and oxygen atoms in total. The third kappa shape index (κ3) is 9.61. The van der Waals surface area contributed by atoms with E-state index in [-0.39, 0.29) is 12.0 Å². The van der Waals surface area contributed by atoms with Crippen LogP contribution in [0.15, 0.2) is 24.3 Å². The number of nitrogen functional groups attached to an aromatic ring is 1. The molecular formula is C28H43N5O6. The molecule has 0 bridgehead atoms. The molecule has 4 N–H and O–H groups in total. The van der Waals surface area contributed by atoms with Gasteiger partial charge < -0.3 is 39.7 Å². The highest BCUT2D eigenvalue weighted by Gasteiger charge is 2.24. The predicted octanol–water partition coefficient (Wildman–Crippen LogP) is 3.87. The van der Waals surface area contributed by atoms with Gasteiger partial charge in [0.05, 0.1) is 63.9 Å². The maximum atomic E-state index is 10.3. The first kappa shape index (κ1) is 30.6. The van der Waals surface area contributed by atoms with Gasteiger partial charge in [-0.3, -0.25) is 0 Å². The van der Waals surface area contributed by atoms with Gasteiger partial charge in [-0.05, 0) is 12.5 Å². The molecule has 1 amide bonds. The molecule has 0 aliphatic heterocycles. The van der Waals surface area contributed by atoms with E-state index < -0.39 is 6.09 Å². The number of para-hydroxylation sites is 1. The van der Waals surface area contributed by atoms with Crippen LogP contribution in [0.25, 0.3) is 21.9 Å². The number of rotatable bonds is 19. The first-order valence-corrected chi connectivity index (χ1v) is 13.6. The van der Waals surface area contributed by atoms with E-state index in [1.54, 1.807) is 0 Å². The van der Waals surface area contributed by atoms with E-state index >= 15 is 0 Å². The van der Waals surface area contributed by atoms with Crippen LogP contribution in [0.5, 0.6) is 0 Å². The molecule has 1 aromatic carbocycles. The minimum atomic E-state index is -1.06. The van der Waals surface area contributed by atoms with Crippen LogP contribution < -0.4 is 11.1 Å². The number of carboxylic acid groups (broad SMARTS) is 1. The van der Waals surface area contributed by atoms with Crippen LogP contribution in [0.1, 0.15) is 39.4 Å². The van der Waals surface area contributed by atoms with Crippen molar-refractivity contribution in [2.45, 2.75) is 46.6 Å². The molecule has 39 heavy (non-hydrogen) atoms. The fraction of sp³-hybridized carbons (Fsp3) is 0.607. The zero-order valence-electron chi connectivity index (χ0n) is 23.4. The number of unbranched alkanes of at least 4 members (excludes halogenated alkanes) is 1. The van der Waals surface area contributed by atoms with E-state index in [9.17, 15) is 4.79 Å². The van der Waals surface area contributed by atoms with Crippen LogP contribution in [0.4, 0.5) is 10.6 Å². The third-order valence-corrected chi connectivity index (χ3v) is 6.16. The van der Waals surface area contributed by atoms with Crippen LogP contribution in [0.2, 0.25) is 0 Å². The molecule has 0 unspecified atom stereocenters. The number of nitrogens with zero attached hydrogens (tertiary/aromatic N) is 3. The van der Waals surface area contributed by atoms with Crippen molar-refractivity contribution in [3.05, 3.63) is 30.1 Å². The molecule has 0 fully saturated rings. The Morgan fingerprint density at radius 3 is 2.31 bits per heavy atom. The highest BCUT2D eigenvalue weighted by molar-refractivity contribution is 6.06. The van der Waals surface area contributed by atoms with Crippen molar-refractivity contribution >= 4 is 33.8 Å². The second-order valence-corrected chi connectivity index (χ2v) is 10.2. The molecule has 0 radical (unpaired) electrons. The summed E-state index contributed by atoms with van der Waals surface area (Å²) >= 11 is 0. The van der Waals surface area contributed by atoms with Crippen LogP contribution in [-0.4, -0.2) is 85.1 Å². The highest BCUT2D eigenvalue weighted by atomic mass is 16.6. The first-order valence-electron chi connectivity index (χ1n) is 13.6. The van der Waals surface area contributed by atoms with E-state index in [0.29, 0.717) is 58.7 Å². The predicted molar refractivity (Wildman–Crippen MR) is 151 cm³/mol. The fourth-order valence-corrected chi connectivity index (χ4v) is 4.31. The summed E-state index contributed by atoms with van der Waals surface area (Å²) in [6.07, 6.45) is 1.99. The van der Waals surface area contributed by atoms with E-state index in [1.807, 2.05) is 18.2 Å². The first-order chi connectivity index (χ1) is 18.8. The number of nitrogens with two attached hydrogens (primary N) is 1. The lowest BCUT2D eigenvalue weighted by molar-refractivity contribution is -0.0144. The average Bonchev–Trinajstić information content (AvgIpc) is 3.25. The maximum absolute atomic E-state index is 10.3. The molecule has 0 saturated carbocycles. The Balaban J connectivity index is 1.44. The number of hydrogen-bond acceptors (Lipinski definition) is 8. The zero-order chi connectivity index (χ0) is 28.1. The minimum absolute atomic E-state index is 0.142. The molecular weight excluding hydrogens is 502 g/mol. The van der Waals surface area contributed by atoms with Gasteiger partial charge in [-0.1, -0.05) is 45.4 Å². The quantitative estimate of drug-likeness (QED) is 0.191. The minimum Gasteiger partial charge on any atom is -0.465 e. The Morgan fingerprint density at radius 1 is 1.00 bits per heavy atom. The summed E-state index contributed by atoms with van der Waals surface area (Å²) < 4.78 is 24.6. The number of aryl methyl sites for hydroxylation is 1. The molecule has 2 aromatic heterocycles. The van der Waals surface area contributed by atoms with Gasteiger partial charge in [-0.25, -0.2) is 14.8 Å². The number of ether oxygens (including phenoxy) is 4. The van der Waals surface area contributed by atoms with Gasteiger partial charge in [0.1, 0.15) is 11.3 Å². The summed E-state index contributed by atoms with van der Waals surface area (Å²) in [6, 6.07) is 8.08. The number of pyridine rings is 1. The molecule has 0 saturated heterocycles. The van der Waals surface area contributed by atoms with Crippen molar-refractivity contribution < 1.29 is 28.8 Å². The Kier molecular flexibility index (Phi) is 12.2. The fourth-order valence-electron chi connectivity index (χ4n) is 4.31. The van der Waals surface area contributed by atoms with Gasteiger partial charge in [0.2, 0.25) is 0 Å². The number of carbonyl (C=O) groups is 1. The SMILES string of the molecule is CCCCc1nc2c(N)nc3ccccc3c2n1CC(C)(C)COCCOCCOCCOCCNC(=O)O. The molecule has 0 aliphatic carbocycles. The third-order valence-electron chi connectivity index (χ3n) is 6.16. The second kappa shape index (κ2) is 15.6. The van der Waals surface area contributed by atoms with Gasteiger partial charge in [-0.15, -0.1) is 0 Å². The summed E-state index contributed by atoms with van der Waals surface area (Å²) in [5.74, 6) is 1.51. The molecule has 0 atom stereocenters. The molecule has 3 aromatic rings. The van der Waals surface area contributed by atoms with Gasteiger partial charge in [0, 0.05) is 30.3 Å². The van der Waals surface area contributed by atoms with Crippen molar-refractivity contribution in [1.82, 2.24) is 19.9 Å².